The van der Waals surface area contributed by atoms with Gasteiger partial charge in [-0.2, -0.15) is 0 Å². The van der Waals surface area contributed by atoms with E-state index in [2.05, 4.69) is 15.3 Å². The Bertz CT molecular complexity index is 1060. The van der Waals surface area contributed by atoms with Crippen molar-refractivity contribution in [3.8, 4) is 10.6 Å². The molecular weight excluding hydrogens is 436 g/mol. The molecule has 4 rings (SSSR count). The molecular formula is C25H30N4O3S. The number of carbonyl (C=O) groups excluding carboxylic acids is 1. The standard InChI is InChI=1S/C18H18N4OS.C7H12O2/c1-13-8-9-19-18(10-13)21-17-5-3-4-15(20-17)16-7-6-14(24-16)11-22(2)12-23;8-7(9)6-4-2-1-3-5-6/h3-10,12H,11H2,1-2H3,(H,19,20,21);6H,1-5H2,(H,8,9). The summed E-state index contributed by atoms with van der Waals surface area (Å²) in [5.41, 5.74) is 2.04. The second-order valence-electron chi connectivity index (χ2n) is 8.21. The average Bonchev–Trinajstić information content (AvgIpc) is 3.29. The largest absolute Gasteiger partial charge is 0.481 e. The summed E-state index contributed by atoms with van der Waals surface area (Å²) in [6, 6.07) is 13.9. The summed E-state index contributed by atoms with van der Waals surface area (Å²) >= 11 is 1.64. The number of rotatable bonds is 7. The van der Waals surface area contributed by atoms with Crippen LogP contribution in [0.5, 0.6) is 0 Å². The zero-order valence-corrected chi connectivity index (χ0v) is 19.8. The minimum atomic E-state index is -0.602. The first-order chi connectivity index (χ1) is 15.9. The first-order valence-corrected chi connectivity index (χ1v) is 11.9. The van der Waals surface area contributed by atoms with Gasteiger partial charge in [-0.15, -0.1) is 11.3 Å². The number of carboxylic acids is 1. The van der Waals surface area contributed by atoms with Gasteiger partial charge < -0.3 is 15.3 Å². The molecule has 3 heterocycles. The third-order valence-corrected chi connectivity index (χ3v) is 6.47. The van der Waals surface area contributed by atoms with Crippen molar-refractivity contribution in [1.82, 2.24) is 14.9 Å². The predicted molar refractivity (Wildman–Crippen MR) is 132 cm³/mol. The van der Waals surface area contributed by atoms with Crippen molar-refractivity contribution in [2.45, 2.75) is 45.6 Å². The highest BCUT2D eigenvalue weighted by atomic mass is 32.1. The first kappa shape index (κ1) is 24.4. The molecule has 0 aliphatic heterocycles. The second-order valence-corrected chi connectivity index (χ2v) is 9.38. The molecule has 0 atom stereocenters. The molecule has 2 N–H and O–H groups in total. The number of nitrogens with one attached hydrogen (secondary N) is 1. The predicted octanol–water partition coefficient (Wildman–Crippen LogP) is 5.50. The minimum Gasteiger partial charge on any atom is -0.481 e. The van der Waals surface area contributed by atoms with Crippen molar-refractivity contribution in [3.05, 3.63) is 59.1 Å². The number of hydrogen-bond donors (Lipinski definition) is 2. The molecule has 174 valence electrons. The molecule has 1 aliphatic carbocycles. The van der Waals surface area contributed by atoms with E-state index in [1.807, 2.05) is 49.4 Å². The highest BCUT2D eigenvalue weighted by Gasteiger charge is 2.19. The van der Waals surface area contributed by atoms with Crippen LogP contribution in [0.2, 0.25) is 0 Å². The van der Waals surface area contributed by atoms with E-state index < -0.39 is 5.97 Å². The van der Waals surface area contributed by atoms with Gasteiger partial charge in [0, 0.05) is 18.1 Å². The van der Waals surface area contributed by atoms with Crippen LogP contribution >= 0.6 is 11.3 Å². The van der Waals surface area contributed by atoms with Gasteiger partial charge in [0.2, 0.25) is 6.41 Å². The van der Waals surface area contributed by atoms with Gasteiger partial charge >= 0.3 is 5.97 Å². The minimum absolute atomic E-state index is 0.0289. The number of nitrogens with zero attached hydrogens (tertiary/aromatic N) is 3. The van der Waals surface area contributed by atoms with E-state index in [9.17, 15) is 9.59 Å². The van der Waals surface area contributed by atoms with E-state index in [-0.39, 0.29) is 5.92 Å². The van der Waals surface area contributed by atoms with Crippen molar-refractivity contribution in [1.29, 1.82) is 0 Å². The molecule has 1 amide bonds. The fourth-order valence-corrected chi connectivity index (χ4v) is 4.65. The summed E-state index contributed by atoms with van der Waals surface area (Å²) in [5.74, 6) is 0.901. The van der Waals surface area contributed by atoms with Gasteiger partial charge in [-0.05, 0) is 61.7 Å². The van der Waals surface area contributed by atoms with Crippen LogP contribution in [0.15, 0.2) is 48.7 Å². The highest BCUT2D eigenvalue weighted by Crippen LogP contribution is 2.28. The van der Waals surface area contributed by atoms with E-state index in [4.69, 9.17) is 5.11 Å². The van der Waals surface area contributed by atoms with Crippen LogP contribution in [0.4, 0.5) is 11.6 Å². The van der Waals surface area contributed by atoms with Crippen molar-refractivity contribution < 1.29 is 14.7 Å². The van der Waals surface area contributed by atoms with E-state index in [0.717, 1.165) is 64.7 Å². The van der Waals surface area contributed by atoms with Gasteiger partial charge in [0.15, 0.2) is 0 Å². The molecule has 0 radical (unpaired) electrons. The molecule has 1 aliphatic rings. The quantitative estimate of drug-likeness (QED) is 0.447. The maximum absolute atomic E-state index is 10.7. The Kier molecular flexibility index (Phi) is 8.95. The summed E-state index contributed by atoms with van der Waals surface area (Å²) in [6.45, 7) is 2.64. The van der Waals surface area contributed by atoms with Crippen LogP contribution in [-0.2, 0) is 16.1 Å². The lowest BCUT2D eigenvalue weighted by Gasteiger charge is -2.16. The summed E-state index contributed by atoms with van der Waals surface area (Å²) < 4.78 is 0. The molecule has 0 spiro atoms. The molecule has 7 nitrogen and oxygen atoms in total. The smallest absolute Gasteiger partial charge is 0.306 e. The Morgan fingerprint density at radius 2 is 1.97 bits per heavy atom. The van der Waals surface area contributed by atoms with Crippen LogP contribution in [0, 0.1) is 12.8 Å². The van der Waals surface area contributed by atoms with E-state index in [1.54, 1.807) is 29.5 Å². The molecule has 1 saturated carbocycles. The molecule has 3 aromatic heterocycles. The van der Waals surface area contributed by atoms with E-state index in [0.29, 0.717) is 6.54 Å². The van der Waals surface area contributed by atoms with E-state index in [1.165, 1.54) is 6.42 Å². The maximum Gasteiger partial charge on any atom is 0.306 e. The molecule has 0 saturated heterocycles. The Balaban J connectivity index is 0.000000286. The number of carbonyl (C=O) groups is 2. The van der Waals surface area contributed by atoms with Gasteiger partial charge in [-0.3, -0.25) is 9.59 Å². The molecule has 0 aromatic carbocycles. The monoisotopic (exact) mass is 466 g/mol. The summed E-state index contributed by atoms with van der Waals surface area (Å²) in [5, 5.41) is 11.8. The zero-order valence-electron chi connectivity index (χ0n) is 19.0. The lowest BCUT2D eigenvalue weighted by atomic mass is 9.90. The number of pyridine rings is 2. The molecule has 1 fully saturated rings. The van der Waals surface area contributed by atoms with Crippen LogP contribution in [0.1, 0.15) is 42.5 Å². The van der Waals surface area contributed by atoms with E-state index >= 15 is 0 Å². The lowest BCUT2D eigenvalue weighted by molar-refractivity contribution is -0.142. The van der Waals surface area contributed by atoms with Crippen molar-refractivity contribution in [2.24, 2.45) is 5.92 Å². The zero-order chi connectivity index (χ0) is 23.6. The Hall–Kier alpha value is -3.26. The number of aliphatic carboxylic acids is 1. The maximum atomic E-state index is 10.7. The summed E-state index contributed by atoms with van der Waals surface area (Å²) in [4.78, 5) is 33.9. The number of hydrogen-bond acceptors (Lipinski definition) is 6. The number of carboxylic acid groups (broad SMARTS) is 1. The Morgan fingerprint density at radius 3 is 2.64 bits per heavy atom. The van der Waals surface area contributed by atoms with Gasteiger partial charge in [0.25, 0.3) is 0 Å². The highest BCUT2D eigenvalue weighted by molar-refractivity contribution is 7.15. The van der Waals surface area contributed by atoms with Gasteiger partial charge in [0.05, 0.1) is 23.0 Å². The third-order valence-electron chi connectivity index (χ3n) is 5.37. The number of aryl methyl sites for hydroxylation is 1. The summed E-state index contributed by atoms with van der Waals surface area (Å²) in [7, 11) is 1.77. The Morgan fingerprint density at radius 1 is 1.18 bits per heavy atom. The van der Waals surface area contributed by atoms with Crippen molar-refractivity contribution >= 4 is 35.4 Å². The first-order valence-electron chi connectivity index (χ1n) is 11.1. The third kappa shape index (κ3) is 7.68. The van der Waals surface area contributed by atoms with Crippen molar-refractivity contribution in [3.63, 3.8) is 0 Å². The van der Waals surface area contributed by atoms with Crippen LogP contribution in [-0.4, -0.2) is 39.4 Å². The molecule has 0 bridgehead atoms. The fourth-order valence-electron chi connectivity index (χ4n) is 3.61. The molecule has 33 heavy (non-hydrogen) atoms. The van der Waals surface area contributed by atoms with Crippen LogP contribution in [0.3, 0.4) is 0 Å². The molecule has 3 aromatic rings. The number of anilines is 2. The van der Waals surface area contributed by atoms with Crippen LogP contribution in [0.25, 0.3) is 10.6 Å². The van der Waals surface area contributed by atoms with Crippen molar-refractivity contribution in [2.75, 3.05) is 12.4 Å². The lowest BCUT2D eigenvalue weighted by Crippen LogP contribution is -2.16. The van der Waals surface area contributed by atoms with Crippen LogP contribution < -0.4 is 5.32 Å². The number of aromatic nitrogens is 2. The Labute approximate surface area is 198 Å². The van der Waals surface area contributed by atoms with Gasteiger partial charge in [-0.1, -0.05) is 25.3 Å². The fraction of sp³-hybridized carbons (Fsp3) is 0.360. The molecule has 0 unspecified atom stereocenters. The second kappa shape index (κ2) is 12.1. The average molecular weight is 467 g/mol. The number of thiophene rings is 1. The normalized spacial score (nSPS) is 13.5. The SMILES string of the molecule is Cc1ccnc(Nc2cccc(-c3ccc(CN(C)C=O)s3)n2)c1.O=C(O)C1CCCCC1. The molecule has 8 heteroatoms. The topological polar surface area (TPSA) is 95.4 Å². The van der Waals surface area contributed by atoms with Gasteiger partial charge in [-0.25, -0.2) is 9.97 Å². The summed E-state index contributed by atoms with van der Waals surface area (Å²) in [6.07, 6.45) is 7.84. The number of amides is 1. The van der Waals surface area contributed by atoms with Gasteiger partial charge in [0.1, 0.15) is 11.6 Å².